The first kappa shape index (κ1) is 42.4. The molecule has 1 aromatic carbocycles. The van der Waals surface area contributed by atoms with E-state index < -0.39 is 43.1 Å². The van der Waals surface area contributed by atoms with Crippen molar-refractivity contribution >= 4 is 65.9 Å². The Labute approximate surface area is 300 Å². The normalized spacial score (nSPS) is 16.4. The smallest absolute Gasteiger partial charge is 0.320 e. The number of nitrogens with zero attached hydrogens (tertiary/aromatic N) is 4. The zero-order valence-corrected chi connectivity index (χ0v) is 31.1. The van der Waals surface area contributed by atoms with E-state index in [1.807, 2.05) is 27.7 Å². The second kappa shape index (κ2) is 18.4. The summed E-state index contributed by atoms with van der Waals surface area (Å²) in [5, 5.41) is 14.6. The number of anilines is 3. The summed E-state index contributed by atoms with van der Waals surface area (Å²) in [6, 6.07) is 1.24. The minimum absolute atomic E-state index is 0.0233. The summed E-state index contributed by atoms with van der Waals surface area (Å²) in [5.41, 5.74) is 5.80. The van der Waals surface area contributed by atoms with Crippen molar-refractivity contribution in [2.75, 3.05) is 34.9 Å². The van der Waals surface area contributed by atoms with Crippen LogP contribution in [0.15, 0.2) is 23.3 Å². The molecule has 0 bridgehead atoms. The van der Waals surface area contributed by atoms with Gasteiger partial charge in [0.05, 0.1) is 10.7 Å². The summed E-state index contributed by atoms with van der Waals surface area (Å²) in [7, 11) is -3.10. The quantitative estimate of drug-likeness (QED) is 0.116. The predicted octanol–water partition coefficient (Wildman–Crippen LogP) is 5.48. The number of terminal acetylenes is 1. The number of imide groups is 1. The summed E-state index contributed by atoms with van der Waals surface area (Å²) in [6.45, 7) is 11.6. The number of carboxylic acid groups (broad SMARTS) is 1. The number of amides is 2. The van der Waals surface area contributed by atoms with Gasteiger partial charge in [-0.3, -0.25) is 18.9 Å². The molecule has 4 rings (SSSR count). The number of benzene rings is 1. The Hall–Kier alpha value is -3.80. The molecule has 50 heavy (non-hydrogen) atoms. The van der Waals surface area contributed by atoms with E-state index >= 15 is 0 Å². The number of rotatable bonds is 10. The van der Waals surface area contributed by atoms with Crippen LogP contribution in [0.2, 0.25) is 10.3 Å². The number of carbonyl (C=O) groups is 3. The van der Waals surface area contributed by atoms with Gasteiger partial charge >= 0.3 is 5.97 Å². The van der Waals surface area contributed by atoms with E-state index in [0.29, 0.717) is 35.9 Å². The average Bonchev–Trinajstić information content (AvgIpc) is 3.25. The van der Waals surface area contributed by atoms with Crippen LogP contribution in [0.3, 0.4) is 0 Å². The van der Waals surface area contributed by atoms with Gasteiger partial charge in [0.15, 0.2) is 13.5 Å². The molecule has 1 aliphatic heterocycles. The Morgan fingerprint density at radius 1 is 1.16 bits per heavy atom. The number of aliphatic carboxylic acids is 1. The molecule has 274 valence electrons. The first-order valence-corrected chi connectivity index (χ1v) is 18.7. The number of carboxylic acids is 1. The number of nitrogens with two attached hydrogens (primary N) is 1. The topological polar surface area (TPSA) is 210 Å². The van der Waals surface area contributed by atoms with E-state index in [9.17, 15) is 23.3 Å². The van der Waals surface area contributed by atoms with Crippen LogP contribution < -0.4 is 26.0 Å². The summed E-state index contributed by atoms with van der Waals surface area (Å²) in [6.07, 6.45) is 7.47. The van der Waals surface area contributed by atoms with Crippen molar-refractivity contribution in [3.63, 3.8) is 0 Å². The van der Waals surface area contributed by atoms with Gasteiger partial charge in [0.2, 0.25) is 17.2 Å². The molecule has 3 atom stereocenters. The molecule has 14 nitrogen and oxygen atoms in total. The van der Waals surface area contributed by atoms with Crippen LogP contribution in [0.4, 0.5) is 22.0 Å². The Balaban J connectivity index is 0.000000286. The fourth-order valence-electron chi connectivity index (χ4n) is 4.44. The second-order valence-corrected chi connectivity index (χ2v) is 15.7. The Morgan fingerprint density at radius 2 is 1.72 bits per heavy atom. The average molecular weight is 759 g/mol. The molecule has 2 amide bonds. The molecule has 0 radical (unpaired) electrons. The van der Waals surface area contributed by atoms with Crippen molar-refractivity contribution in [2.24, 2.45) is 5.73 Å². The van der Waals surface area contributed by atoms with E-state index in [4.69, 9.17) is 50.1 Å². The molecule has 3 unspecified atom stereocenters. The number of halogens is 3. The molecule has 0 spiro atoms. The highest BCUT2D eigenvalue weighted by molar-refractivity contribution is 7.57. The lowest BCUT2D eigenvalue weighted by molar-refractivity contribution is -0.138. The van der Waals surface area contributed by atoms with Crippen LogP contribution >= 0.6 is 30.6 Å². The van der Waals surface area contributed by atoms with E-state index in [2.05, 4.69) is 31.5 Å². The summed E-state index contributed by atoms with van der Waals surface area (Å²) in [4.78, 5) is 57.0. The monoisotopic (exact) mass is 757 g/mol. The van der Waals surface area contributed by atoms with Crippen molar-refractivity contribution < 1.29 is 38.1 Å². The largest absolute Gasteiger partial charge is 0.480 e. The SMILES string of the molecule is C#CC(C)Oc1cc(N2C(=O)C3=C(CCCC3)C2=O)c(F)cc1Cl.CCNc1nc(Cl)nc(NC(C)(C)C)n1.CP(=O)(O)CCC(N)C(=O)O. The standard InChI is InChI=1S/C18H15ClFNO3.C9H16ClN5.C5H12NO4P/c1-3-10(2)24-16-9-15(14(20)8-13(16)19)21-17(22)11-6-4-5-7-12(11)18(21)23;1-5-11-7-12-6(10)13-8(14-7)15-9(2,3)4;1-11(9,10)3-2-4(6)5(7)8/h1,8-10H,4-7H2,2H3;5H2,1-4H3,(H2,11,12,13,14,15);4H,2-3,6H2,1H3,(H,7,8)(H,9,10). The molecule has 18 heteroatoms. The maximum Gasteiger partial charge on any atom is 0.320 e. The maximum absolute atomic E-state index is 14.4. The van der Waals surface area contributed by atoms with E-state index in [0.717, 1.165) is 30.4 Å². The van der Waals surface area contributed by atoms with Crippen molar-refractivity contribution in [2.45, 2.75) is 84.4 Å². The van der Waals surface area contributed by atoms with Gasteiger partial charge in [-0.05, 0) is 84.4 Å². The van der Waals surface area contributed by atoms with Crippen molar-refractivity contribution in [3.8, 4) is 18.1 Å². The first-order valence-electron chi connectivity index (χ1n) is 15.6. The van der Waals surface area contributed by atoms with Crippen LogP contribution in [0.25, 0.3) is 0 Å². The molecule has 1 aromatic heterocycles. The van der Waals surface area contributed by atoms with Crippen molar-refractivity contribution in [3.05, 3.63) is 39.4 Å². The molecule has 2 aromatic rings. The molecule has 2 aliphatic rings. The zero-order chi connectivity index (χ0) is 38.0. The van der Waals surface area contributed by atoms with Crippen LogP contribution in [0.5, 0.6) is 5.75 Å². The highest BCUT2D eigenvalue weighted by Crippen LogP contribution is 2.40. The third-order valence-corrected chi connectivity index (χ3v) is 8.33. The van der Waals surface area contributed by atoms with Crippen molar-refractivity contribution in [1.82, 2.24) is 15.0 Å². The summed E-state index contributed by atoms with van der Waals surface area (Å²) >= 11 is 11.7. The van der Waals surface area contributed by atoms with Gasteiger partial charge in [-0.1, -0.05) is 17.5 Å². The van der Waals surface area contributed by atoms with Gasteiger partial charge in [-0.25, -0.2) is 9.29 Å². The lowest BCUT2D eigenvalue weighted by Gasteiger charge is -2.20. The Kier molecular flexibility index (Phi) is 15.6. The first-order chi connectivity index (χ1) is 23.2. The molecule has 2 heterocycles. The minimum Gasteiger partial charge on any atom is -0.480 e. The van der Waals surface area contributed by atoms with Gasteiger partial charge in [0, 0.05) is 42.1 Å². The van der Waals surface area contributed by atoms with Gasteiger partial charge in [0.1, 0.15) is 17.6 Å². The number of aromatic nitrogens is 3. The highest BCUT2D eigenvalue weighted by atomic mass is 35.5. The predicted molar refractivity (Wildman–Crippen MR) is 192 cm³/mol. The Bertz CT molecular complexity index is 1660. The molecule has 0 fully saturated rings. The molecule has 0 saturated carbocycles. The van der Waals surface area contributed by atoms with E-state index in [1.165, 1.54) is 12.7 Å². The number of hydrogen-bond acceptors (Lipinski definition) is 11. The van der Waals surface area contributed by atoms with Crippen LogP contribution in [-0.2, 0) is 18.9 Å². The van der Waals surface area contributed by atoms with Crippen LogP contribution in [0, 0.1) is 18.2 Å². The maximum atomic E-state index is 14.4. The minimum atomic E-state index is -3.10. The summed E-state index contributed by atoms with van der Waals surface area (Å²) < 4.78 is 30.5. The van der Waals surface area contributed by atoms with Gasteiger partial charge in [-0.2, -0.15) is 15.0 Å². The second-order valence-electron chi connectivity index (χ2n) is 12.4. The molecule has 0 saturated heterocycles. The van der Waals surface area contributed by atoms with Gasteiger partial charge in [0.25, 0.3) is 11.8 Å². The van der Waals surface area contributed by atoms with Crippen molar-refractivity contribution in [1.29, 1.82) is 0 Å². The number of nitrogens with one attached hydrogen (secondary N) is 2. The van der Waals surface area contributed by atoms with E-state index in [-0.39, 0.29) is 39.9 Å². The van der Waals surface area contributed by atoms with Gasteiger partial charge in [-0.15, -0.1) is 6.42 Å². The third-order valence-electron chi connectivity index (χ3n) is 6.77. The number of hydrogen-bond donors (Lipinski definition) is 5. The summed E-state index contributed by atoms with van der Waals surface area (Å²) in [5.74, 6) is 0.642. The molecular formula is C32H43Cl2FN7O7P. The fraction of sp³-hybridized carbons (Fsp3) is 0.500. The molecule has 1 aliphatic carbocycles. The lowest BCUT2D eigenvalue weighted by atomic mass is 9.93. The molecule has 6 N–H and O–H groups in total. The van der Waals surface area contributed by atoms with Crippen LogP contribution in [0.1, 0.15) is 66.7 Å². The zero-order valence-electron chi connectivity index (χ0n) is 28.7. The van der Waals surface area contributed by atoms with Crippen LogP contribution in [-0.4, -0.2) is 79.8 Å². The number of carbonyl (C=O) groups excluding carboxylic acids is 2. The number of ether oxygens (including phenoxy) is 1. The third kappa shape index (κ3) is 13.2. The Morgan fingerprint density at radius 3 is 2.20 bits per heavy atom. The van der Waals surface area contributed by atoms with E-state index in [1.54, 1.807) is 6.92 Å². The molecular weight excluding hydrogens is 715 g/mol. The highest BCUT2D eigenvalue weighted by Gasteiger charge is 2.41. The fourth-order valence-corrected chi connectivity index (χ4v) is 5.56. The van der Waals surface area contributed by atoms with Gasteiger partial charge < -0.3 is 31.1 Å². The lowest BCUT2D eigenvalue weighted by Crippen LogP contribution is -2.32.